The summed E-state index contributed by atoms with van der Waals surface area (Å²) in [5.41, 5.74) is 0. The summed E-state index contributed by atoms with van der Waals surface area (Å²) in [5, 5.41) is 41.4. The zero-order chi connectivity index (χ0) is 35.6. The van der Waals surface area contributed by atoms with Crippen molar-refractivity contribution in [2.24, 2.45) is 23.7 Å². The number of hydrogen-bond donors (Lipinski definition) is 4. The first-order chi connectivity index (χ1) is 21.9. The number of aliphatic hydroxyl groups is 4. The van der Waals surface area contributed by atoms with Gasteiger partial charge in [0.2, 0.25) is 5.79 Å². The van der Waals surface area contributed by atoms with Crippen LogP contribution in [0.2, 0.25) is 0 Å². The summed E-state index contributed by atoms with van der Waals surface area (Å²) >= 11 is 0. The van der Waals surface area contributed by atoms with Crippen LogP contribution in [0.3, 0.4) is 0 Å². The molecule has 2 saturated heterocycles. The average Bonchev–Trinajstić information content (AvgIpc) is 3.20. The first kappa shape index (κ1) is 40.8. The maximum Gasteiger partial charge on any atom is 0.306 e. The molecule has 0 aliphatic carbocycles. The molecule has 2 aliphatic heterocycles. The number of hydrogen-bond acceptors (Lipinski definition) is 15. The summed E-state index contributed by atoms with van der Waals surface area (Å²) in [6, 6.07) is 0. The van der Waals surface area contributed by atoms with Crippen molar-refractivity contribution in [1.82, 2.24) is 0 Å². The SMILES string of the molecule is CC(C)CC(=O)OC[C@@H]1O[C@](COC(=O)CC(C)C)(O[C@@H]2O[C@@H](CO)[C@H](O)[C@@H](O)[C@@H]2O)[C@H](OC(=O)CC(C)C)[C@H]1OC(=O)CC(C)C. The van der Waals surface area contributed by atoms with Crippen LogP contribution in [0, 0.1) is 23.7 Å². The third-order valence-electron chi connectivity index (χ3n) is 7.28. The van der Waals surface area contributed by atoms with Crippen LogP contribution in [0.15, 0.2) is 0 Å². The van der Waals surface area contributed by atoms with Crippen molar-refractivity contribution in [2.75, 3.05) is 19.8 Å². The van der Waals surface area contributed by atoms with E-state index in [1.165, 1.54) is 0 Å². The van der Waals surface area contributed by atoms with E-state index < -0.39 is 98.5 Å². The molecule has 2 fully saturated rings. The third-order valence-corrected chi connectivity index (χ3v) is 7.28. The molecule has 272 valence electrons. The van der Waals surface area contributed by atoms with Gasteiger partial charge >= 0.3 is 23.9 Å². The van der Waals surface area contributed by atoms with Crippen molar-refractivity contribution in [3.05, 3.63) is 0 Å². The molecule has 0 aromatic heterocycles. The molecule has 0 amide bonds. The van der Waals surface area contributed by atoms with Crippen LogP contribution >= 0.6 is 0 Å². The molecular weight excluding hydrogens is 624 g/mol. The van der Waals surface area contributed by atoms with Gasteiger partial charge in [-0.1, -0.05) is 55.4 Å². The number of ether oxygens (including phenoxy) is 7. The minimum absolute atomic E-state index is 0.0169. The minimum Gasteiger partial charge on any atom is -0.463 e. The Morgan fingerprint density at radius 2 is 1.15 bits per heavy atom. The van der Waals surface area contributed by atoms with E-state index in [4.69, 9.17) is 33.2 Å². The maximum absolute atomic E-state index is 13.2. The fraction of sp³-hybridized carbons (Fsp3) is 0.875. The number of esters is 4. The summed E-state index contributed by atoms with van der Waals surface area (Å²) in [6.07, 6.45) is -13.3. The zero-order valence-electron chi connectivity index (χ0n) is 28.7. The summed E-state index contributed by atoms with van der Waals surface area (Å²) in [4.78, 5) is 51.5. The Morgan fingerprint density at radius 3 is 1.66 bits per heavy atom. The minimum atomic E-state index is -2.37. The first-order valence-electron chi connectivity index (χ1n) is 16.2. The summed E-state index contributed by atoms with van der Waals surface area (Å²) in [6.45, 7) is 12.3. The molecule has 0 radical (unpaired) electrons. The molecule has 2 aliphatic rings. The number of carbonyl (C=O) groups is 4. The van der Waals surface area contributed by atoms with Crippen LogP contribution in [-0.2, 0) is 52.3 Å². The Balaban J connectivity index is 2.66. The van der Waals surface area contributed by atoms with Gasteiger partial charge < -0.3 is 53.6 Å². The van der Waals surface area contributed by atoms with Crippen LogP contribution in [0.5, 0.6) is 0 Å². The van der Waals surface area contributed by atoms with Crippen molar-refractivity contribution < 1.29 is 72.8 Å². The van der Waals surface area contributed by atoms with E-state index in [0.29, 0.717) is 0 Å². The lowest BCUT2D eigenvalue weighted by atomic mass is 9.98. The smallest absolute Gasteiger partial charge is 0.306 e. The molecule has 0 bridgehead atoms. The molecule has 9 atom stereocenters. The predicted octanol–water partition coefficient (Wildman–Crippen LogP) is 0.992. The molecule has 0 saturated carbocycles. The van der Waals surface area contributed by atoms with E-state index in [0.717, 1.165) is 0 Å². The lowest BCUT2D eigenvalue weighted by molar-refractivity contribution is -0.384. The number of aliphatic hydroxyl groups excluding tert-OH is 4. The summed E-state index contributed by atoms with van der Waals surface area (Å²) in [7, 11) is 0. The third kappa shape index (κ3) is 12.2. The van der Waals surface area contributed by atoms with Gasteiger partial charge in [0.05, 0.1) is 6.61 Å². The van der Waals surface area contributed by atoms with Crippen LogP contribution in [-0.4, -0.2) is 119 Å². The Morgan fingerprint density at radius 1 is 0.660 bits per heavy atom. The van der Waals surface area contributed by atoms with E-state index in [9.17, 15) is 39.6 Å². The molecule has 15 nitrogen and oxygen atoms in total. The Labute approximate surface area is 276 Å². The van der Waals surface area contributed by atoms with Gasteiger partial charge in [-0.15, -0.1) is 0 Å². The highest BCUT2D eigenvalue weighted by molar-refractivity contribution is 5.72. The molecule has 47 heavy (non-hydrogen) atoms. The van der Waals surface area contributed by atoms with Crippen molar-refractivity contribution in [3.63, 3.8) is 0 Å². The normalized spacial score (nSPS) is 31.0. The highest BCUT2D eigenvalue weighted by Gasteiger charge is 2.64. The lowest BCUT2D eigenvalue weighted by Gasteiger charge is -2.43. The van der Waals surface area contributed by atoms with Gasteiger partial charge in [-0.3, -0.25) is 19.2 Å². The Kier molecular flexibility index (Phi) is 16.0. The second kappa shape index (κ2) is 18.4. The highest BCUT2D eigenvalue weighted by Crippen LogP contribution is 2.41. The molecule has 0 spiro atoms. The summed E-state index contributed by atoms with van der Waals surface area (Å²) < 4.78 is 40.6. The predicted molar refractivity (Wildman–Crippen MR) is 162 cm³/mol. The molecule has 4 N–H and O–H groups in total. The van der Waals surface area contributed by atoms with Crippen molar-refractivity contribution in [1.29, 1.82) is 0 Å². The standard InChI is InChI=1S/C32H54O15/c1-16(2)9-22(34)41-14-21-29(44-24(36)11-18(5)6)30(45-25(37)12-19(7)8)32(46-21,15-42-23(35)10-17(3)4)47-31-28(40)27(39)26(38)20(13-33)43-31/h16-21,26-31,33,38-40H,9-15H2,1-8H3/t20-,21-,26-,27+,28-,29-,30+,31-,32+/m0/s1. The van der Waals surface area contributed by atoms with Crippen molar-refractivity contribution in [2.45, 2.75) is 136 Å². The molecule has 0 unspecified atom stereocenters. The van der Waals surface area contributed by atoms with Gasteiger partial charge in [-0.2, -0.15) is 0 Å². The fourth-order valence-electron chi connectivity index (χ4n) is 5.06. The zero-order valence-corrected chi connectivity index (χ0v) is 28.7. The molecule has 0 aromatic carbocycles. The van der Waals surface area contributed by atoms with E-state index in [1.807, 2.05) is 13.8 Å². The maximum atomic E-state index is 13.2. The number of carbonyl (C=O) groups excluding carboxylic acids is 4. The largest absolute Gasteiger partial charge is 0.463 e. The van der Waals surface area contributed by atoms with Gasteiger partial charge in [0.25, 0.3) is 0 Å². The second-order valence-corrected chi connectivity index (χ2v) is 13.9. The first-order valence-corrected chi connectivity index (χ1v) is 16.2. The van der Waals surface area contributed by atoms with E-state index >= 15 is 0 Å². The molecule has 15 heteroatoms. The van der Waals surface area contributed by atoms with Gasteiger partial charge in [0.15, 0.2) is 18.5 Å². The molecule has 0 aromatic rings. The Hall–Kier alpha value is -2.40. The second-order valence-electron chi connectivity index (χ2n) is 13.9. The van der Waals surface area contributed by atoms with Gasteiger partial charge in [0, 0.05) is 25.7 Å². The van der Waals surface area contributed by atoms with Crippen LogP contribution in [0.1, 0.15) is 81.1 Å². The fourth-order valence-corrected chi connectivity index (χ4v) is 5.06. The van der Waals surface area contributed by atoms with E-state index in [-0.39, 0.29) is 49.4 Å². The van der Waals surface area contributed by atoms with Gasteiger partial charge in [0.1, 0.15) is 43.7 Å². The van der Waals surface area contributed by atoms with Gasteiger partial charge in [-0.05, 0) is 23.7 Å². The topological polar surface area (TPSA) is 214 Å². The monoisotopic (exact) mass is 678 g/mol. The molecule has 2 heterocycles. The quantitative estimate of drug-likeness (QED) is 0.125. The summed E-state index contributed by atoms with van der Waals surface area (Å²) in [5.74, 6) is -5.52. The van der Waals surface area contributed by atoms with E-state index in [2.05, 4.69) is 0 Å². The van der Waals surface area contributed by atoms with Crippen LogP contribution in [0.25, 0.3) is 0 Å². The average molecular weight is 679 g/mol. The van der Waals surface area contributed by atoms with Crippen molar-refractivity contribution >= 4 is 23.9 Å². The molecule has 2 rings (SSSR count). The highest BCUT2D eigenvalue weighted by atomic mass is 16.8. The van der Waals surface area contributed by atoms with Crippen LogP contribution < -0.4 is 0 Å². The lowest BCUT2D eigenvalue weighted by Crippen LogP contribution is -2.63. The number of rotatable bonds is 17. The molecular formula is C32H54O15. The van der Waals surface area contributed by atoms with Crippen molar-refractivity contribution in [3.8, 4) is 0 Å². The van der Waals surface area contributed by atoms with E-state index in [1.54, 1.807) is 41.5 Å². The van der Waals surface area contributed by atoms with Crippen LogP contribution in [0.4, 0.5) is 0 Å². The Bertz CT molecular complexity index is 1030. The van der Waals surface area contributed by atoms with Gasteiger partial charge in [-0.25, -0.2) is 0 Å².